The van der Waals surface area contributed by atoms with Crippen LogP contribution in [0.15, 0.2) is 41.1 Å². The summed E-state index contributed by atoms with van der Waals surface area (Å²) in [7, 11) is 0. The van der Waals surface area contributed by atoms with Crippen molar-refractivity contribution in [2.75, 3.05) is 0 Å². The van der Waals surface area contributed by atoms with Crippen LogP contribution in [0.1, 0.15) is 22.8 Å². The summed E-state index contributed by atoms with van der Waals surface area (Å²) in [6, 6.07) is 5.93. The molecule has 0 amide bonds. The van der Waals surface area contributed by atoms with Gasteiger partial charge in [0.05, 0.1) is 5.56 Å². The summed E-state index contributed by atoms with van der Waals surface area (Å²) < 4.78 is 40.2. The highest BCUT2D eigenvalue weighted by molar-refractivity contribution is 14.1. The van der Waals surface area contributed by atoms with Crippen molar-refractivity contribution in [2.45, 2.75) is 12.3 Å². The molecule has 2 aromatic rings. The number of nitrogens with zero attached hydrogens (tertiary/aromatic N) is 1. The maximum absolute atomic E-state index is 13.0. The molecule has 1 aromatic heterocycles. The molecule has 0 fully saturated rings. The molecule has 2 rings (SSSR count). The van der Waals surface area contributed by atoms with E-state index in [1.54, 1.807) is 18.2 Å². The van der Waals surface area contributed by atoms with E-state index in [0.29, 0.717) is 13.6 Å². The Hall–Kier alpha value is -0.670. The van der Waals surface area contributed by atoms with Gasteiger partial charge in [-0.25, -0.2) is 0 Å². The van der Waals surface area contributed by atoms with Crippen LogP contribution in [0.2, 0.25) is 0 Å². The molecule has 0 saturated heterocycles. The van der Waals surface area contributed by atoms with E-state index in [1.165, 1.54) is 0 Å². The van der Waals surface area contributed by atoms with Crippen molar-refractivity contribution in [1.29, 1.82) is 0 Å². The lowest BCUT2D eigenvalue weighted by atomic mass is 9.98. The van der Waals surface area contributed by atoms with E-state index in [0.717, 1.165) is 18.5 Å². The third-order valence-electron chi connectivity index (χ3n) is 2.70. The molecule has 0 saturated carbocycles. The van der Waals surface area contributed by atoms with E-state index in [2.05, 4.69) is 20.9 Å². The van der Waals surface area contributed by atoms with Crippen LogP contribution in [0.4, 0.5) is 13.2 Å². The van der Waals surface area contributed by atoms with Crippen molar-refractivity contribution >= 4 is 38.5 Å². The van der Waals surface area contributed by atoms with Gasteiger partial charge in [-0.3, -0.25) is 4.98 Å². The zero-order valence-electron chi connectivity index (χ0n) is 9.83. The normalized spacial score (nSPS) is 13.3. The van der Waals surface area contributed by atoms with Crippen molar-refractivity contribution in [3.8, 4) is 0 Å². The molecule has 0 spiro atoms. The molecule has 7 heteroatoms. The predicted molar refractivity (Wildman–Crippen MR) is 80.2 cm³/mol. The number of hydrogen-bond acceptors (Lipinski definition) is 2. The highest BCUT2D eigenvalue weighted by Crippen LogP contribution is 2.37. The van der Waals surface area contributed by atoms with Crippen molar-refractivity contribution in [3.05, 3.63) is 61.4 Å². The van der Waals surface area contributed by atoms with Gasteiger partial charge in [0.15, 0.2) is 0 Å². The Labute approximate surface area is 135 Å². The van der Waals surface area contributed by atoms with Crippen LogP contribution >= 0.6 is 38.5 Å². The fourth-order valence-corrected chi connectivity index (χ4v) is 2.78. The van der Waals surface area contributed by atoms with E-state index in [4.69, 9.17) is 0 Å². The van der Waals surface area contributed by atoms with Crippen LogP contribution < -0.4 is 0 Å². The molecule has 0 aliphatic heterocycles. The summed E-state index contributed by atoms with van der Waals surface area (Å²) in [5.74, 6) is 0. The Balaban J connectivity index is 2.54. The fraction of sp³-hybridized carbons (Fsp3) is 0.154. The molecule has 0 bridgehead atoms. The highest BCUT2D eigenvalue weighted by atomic mass is 127. The average molecular weight is 458 g/mol. The van der Waals surface area contributed by atoms with Crippen molar-refractivity contribution in [3.63, 3.8) is 0 Å². The lowest BCUT2D eigenvalue weighted by Gasteiger charge is -2.18. The number of rotatable bonds is 2. The minimum atomic E-state index is -4.53. The van der Waals surface area contributed by atoms with Crippen molar-refractivity contribution in [2.24, 2.45) is 0 Å². The number of pyridine rings is 1. The summed E-state index contributed by atoms with van der Waals surface area (Å²) in [5, 5.41) is 10.3. The molecule has 1 aromatic carbocycles. The Morgan fingerprint density at radius 2 is 1.90 bits per heavy atom. The van der Waals surface area contributed by atoms with Crippen LogP contribution in [-0.2, 0) is 6.18 Å². The van der Waals surface area contributed by atoms with Gasteiger partial charge in [0, 0.05) is 26.0 Å². The molecule has 2 nitrogen and oxygen atoms in total. The molecule has 0 radical (unpaired) electrons. The van der Waals surface area contributed by atoms with E-state index < -0.39 is 17.8 Å². The molecule has 1 unspecified atom stereocenters. The lowest BCUT2D eigenvalue weighted by molar-refractivity contribution is -0.139. The second kappa shape index (κ2) is 5.98. The first-order valence-electron chi connectivity index (χ1n) is 5.45. The number of aliphatic hydroxyl groups is 1. The van der Waals surface area contributed by atoms with Gasteiger partial charge in [-0.1, -0.05) is 15.9 Å². The fourth-order valence-electron chi connectivity index (χ4n) is 1.77. The molecule has 1 atom stereocenters. The minimum Gasteiger partial charge on any atom is -0.384 e. The second-order valence-corrected chi connectivity index (χ2v) is 6.11. The minimum absolute atomic E-state index is 0.254. The van der Waals surface area contributed by atoms with Crippen molar-refractivity contribution < 1.29 is 18.3 Å². The van der Waals surface area contributed by atoms with Gasteiger partial charge in [-0.15, -0.1) is 0 Å². The number of aliphatic hydroxyl groups excluding tert-OH is 1. The first kappa shape index (κ1) is 15.7. The first-order valence-corrected chi connectivity index (χ1v) is 7.32. The monoisotopic (exact) mass is 457 g/mol. The zero-order valence-corrected chi connectivity index (χ0v) is 13.6. The largest absolute Gasteiger partial charge is 0.416 e. The summed E-state index contributed by atoms with van der Waals surface area (Å²) in [6.45, 7) is 0. The van der Waals surface area contributed by atoms with Gasteiger partial charge in [-0.2, -0.15) is 13.2 Å². The van der Waals surface area contributed by atoms with Crippen LogP contribution in [0.25, 0.3) is 0 Å². The van der Waals surface area contributed by atoms with Gasteiger partial charge < -0.3 is 5.11 Å². The SMILES string of the molecule is OC(c1cc(Br)ccc1I)c1cnccc1C(F)(F)F. The number of aromatic nitrogens is 1. The number of halogens is 5. The molecule has 1 heterocycles. The molecule has 106 valence electrons. The van der Waals surface area contributed by atoms with Gasteiger partial charge in [-0.05, 0) is 52.4 Å². The highest BCUT2D eigenvalue weighted by Gasteiger charge is 2.35. The number of hydrogen-bond donors (Lipinski definition) is 1. The standard InChI is InChI=1S/C13H8BrF3INO/c14-7-1-2-11(18)8(5-7)12(20)9-6-19-4-3-10(9)13(15,16)17/h1-6,12,20H. The van der Waals surface area contributed by atoms with Crippen LogP contribution in [0, 0.1) is 3.57 Å². The molecular weight excluding hydrogens is 450 g/mol. The summed E-state index contributed by atoms with van der Waals surface area (Å²) in [6.07, 6.45) is -3.81. The van der Waals surface area contributed by atoms with Gasteiger partial charge in [0.1, 0.15) is 6.10 Å². The summed E-state index contributed by atoms with van der Waals surface area (Å²) in [4.78, 5) is 3.68. The zero-order chi connectivity index (χ0) is 14.9. The van der Waals surface area contributed by atoms with Crippen LogP contribution in [0.5, 0.6) is 0 Å². The van der Waals surface area contributed by atoms with Crippen LogP contribution in [-0.4, -0.2) is 10.1 Å². The van der Waals surface area contributed by atoms with E-state index in [-0.39, 0.29) is 5.56 Å². The third kappa shape index (κ3) is 3.32. The maximum Gasteiger partial charge on any atom is 0.416 e. The molecule has 0 aliphatic rings. The summed E-state index contributed by atoms with van der Waals surface area (Å²) in [5.41, 5.74) is -0.731. The van der Waals surface area contributed by atoms with E-state index in [1.807, 2.05) is 22.6 Å². The number of benzene rings is 1. The van der Waals surface area contributed by atoms with E-state index in [9.17, 15) is 18.3 Å². The Morgan fingerprint density at radius 3 is 2.55 bits per heavy atom. The molecule has 20 heavy (non-hydrogen) atoms. The predicted octanol–water partition coefficient (Wildman–Crippen LogP) is 4.55. The lowest BCUT2D eigenvalue weighted by Crippen LogP contribution is -2.13. The number of alkyl halides is 3. The first-order chi connectivity index (χ1) is 9.30. The Kier molecular flexibility index (Phi) is 4.70. The maximum atomic E-state index is 13.0. The van der Waals surface area contributed by atoms with Gasteiger partial charge in [0.2, 0.25) is 0 Å². The van der Waals surface area contributed by atoms with Gasteiger partial charge in [0.25, 0.3) is 0 Å². The smallest absolute Gasteiger partial charge is 0.384 e. The Morgan fingerprint density at radius 1 is 1.20 bits per heavy atom. The van der Waals surface area contributed by atoms with Crippen molar-refractivity contribution in [1.82, 2.24) is 4.98 Å². The third-order valence-corrected chi connectivity index (χ3v) is 4.18. The summed E-state index contributed by atoms with van der Waals surface area (Å²) >= 11 is 5.21. The quantitative estimate of drug-likeness (QED) is 0.671. The average Bonchev–Trinajstić information content (AvgIpc) is 2.40. The molecule has 1 N–H and O–H groups in total. The van der Waals surface area contributed by atoms with Crippen LogP contribution in [0.3, 0.4) is 0 Å². The van der Waals surface area contributed by atoms with E-state index >= 15 is 0 Å². The second-order valence-electron chi connectivity index (χ2n) is 4.03. The molecular formula is C13H8BrF3INO. The van der Waals surface area contributed by atoms with Gasteiger partial charge >= 0.3 is 6.18 Å². The molecule has 0 aliphatic carbocycles. The Bertz CT molecular complexity index is 633. The topological polar surface area (TPSA) is 33.1 Å².